The molecule has 1 aromatic heterocycles. The molecule has 0 saturated carbocycles. The third-order valence-corrected chi connectivity index (χ3v) is 5.93. The molecule has 2 aromatic carbocycles. The van der Waals surface area contributed by atoms with E-state index in [1.165, 1.54) is 18.9 Å². The van der Waals surface area contributed by atoms with Crippen molar-refractivity contribution >= 4 is 46.8 Å². The smallest absolute Gasteiger partial charge is 0.244 e. The first-order chi connectivity index (χ1) is 15.4. The van der Waals surface area contributed by atoms with E-state index in [1.54, 1.807) is 22.9 Å². The van der Waals surface area contributed by atoms with Crippen molar-refractivity contribution in [3.05, 3.63) is 74.9 Å². The van der Waals surface area contributed by atoms with Crippen LogP contribution in [0.25, 0.3) is 23.0 Å². The Morgan fingerprint density at radius 3 is 2.44 bits per heavy atom. The SMILES string of the molecule is CCCCCCNC(=O)/C=C/c1nn(-c2ccc(Cl)cc2Cl)c(-c2ccc(Cl)cc2)c1C. The highest BCUT2D eigenvalue weighted by atomic mass is 35.5. The molecule has 0 unspecified atom stereocenters. The number of amides is 1. The fraction of sp³-hybridized carbons (Fsp3) is 0.280. The summed E-state index contributed by atoms with van der Waals surface area (Å²) in [6.45, 7) is 4.81. The van der Waals surface area contributed by atoms with Crippen molar-refractivity contribution in [2.45, 2.75) is 39.5 Å². The van der Waals surface area contributed by atoms with Crippen molar-refractivity contribution in [3.8, 4) is 16.9 Å². The second-order valence-electron chi connectivity index (χ2n) is 7.56. The van der Waals surface area contributed by atoms with E-state index in [0.717, 1.165) is 29.7 Å². The predicted octanol–water partition coefficient (Wildman–Crippen LogP) is 7.52. The largest absolute Gasteiger partial charge is 0.353 e. The molecule has 0 bridgehead atoms. The molecular weight excluding hydrogens is 465 g/mol. The van der Waals surface area contributed by atoms with E-state index in [0.29, 0.717) is 33.0 Å². The second kappa shape index (κ2) is 11.6. The van der Waals surface area contributed by atoms with Crippen LogP contribution < -0.4 is 5.32 Å². The number of aromatic nitrogens is 2. The maximum absolute atomic E-state index is 12.2. The number of unbranched alkanes of at least 4 members (excludes halogenated alkanes) is 3. The highest BCUT2D eigenvalue weighted by Gasteiger charge is 2.18. The first kappa shape index (κ1) is 24.4. The van der Waals surface area contributed by atoms with E-state index in [2.05, 4.69) is 12.2 Å². The average Bonchev–Trinajstić information content (AvgIpc) is 3.08. The van der Waals surface area contributed by atoms with Gasteiger partial charge in [-0.3, -0.25) is 4.79 Å². The van der Waals surface area contributed by atoms with Gasteiger partial charge in [0.25, 0.3) is 0 Å². The number of carbonyl (C=O) groups excluding carboxylic acids is 1. The van der Waals surface area contributed by atoms with Crippen LogP contribution in [0.2, 0.25) is 15.1 Å². The molecule has 0 aliphatic rings. The molecule has 0 atom stereocenters. The van der Waals surface area contributed by atoms with E-state index >= 15 is 0 Å². The van der Waals surface area contributed by atoms with Gasteiger partial charge in [0.1, 0.15) is 0 Å². The van der Waals surface area contributed by atoms with E-state index < -0.39 is 0 Å². The summed E-state index contributed by atoms with van der Waals surface area (Å²) in [5.41, 5.74) is 4.10. The lowest BCUT2D eigenvalue weighted by molar-refractivity contribution is -0.116. The van der Waals surface area contributed by atoms with E-state index in [4.69, 9.17) is 39.9 Å². The van der Waals surface area contributed by atoms with Gasteiger partial charge in [0, 0.05) is 33.8 Å². The number of nitrogens with zero attached hydrogens (tertiary/aromatic N) is 2. The normalized spacial score (nSPS) is 11.3. The molecule has 0 saturated heterocycles. The number of halogens is 3. The lowest BCUT2D eigenvalue weighted by Crippen LogP contribution is -2.21. The van der Waals surface area contributed by atoms with Crippen molar-refractivity contribution in [2.24, 2.45) is 0 Å². The van der Waals surface area contributed by atoms with Crippen molar-refractivity contribution < 1.29 is 4.79 Å². The van der Waals surface area contributed by atoms with Crippen LogP contribution in [0.15, 0.2) is 48.5 Å². The lowest BCUT2D eigenvalue weighted by Gasteiger charge is -2.11. The third kappa shape index (κ3) is 6.16. The van der Waals surface area contributed by atoms with Gasteiger partial charge in [-0.1, -0.05) is 73.1 Å². The Labute approximate surface area is 204 Å². The fourth-order valence-electron chi connectivity index (χ4n) is 3.42. The molecule has 3 rings (SSSR count). The molecule has 1 heterocycles. The van der Waals surface area contributed by atoms with Crippen LogP contribution in [0.3, 0.4) is 0 Å². The van der Waals surface area contributed by atoms with Crippen molar-refractivity contribution in [1.29, 1.82) is 0 Å². The van der Waals surface area contributed by atoms with Gasteiger partial charge in [-0.05, 0) is 49.8 Å². The number of rotatable bonds is 9. The molecule has 0 aliphatic heterocycles. The van der Waals surface area contributed by atoms with Crippen LogP contribution in [0.5, 0.6) is 0 Å². The van der Waals surface area contributed by atoms with Gasteiger partial charge in [0.2, 0.25) is 5.91 Å². The number of hydrogen-bond acceptors (Lipinski definition) is 2. The Kier molecular flexibility index (Phi) is 8.80. The van der Waals surface area contributed by atoms with Crippen molar-refractivity contribution in [3.63, 3.8) is 0 Å². The van der Waals surface area contributed by atoms with Gasteiger partial charge in [-0.15, -0.1) is 0 Å². The van der Waals surface area contributed by atoms with Gasteiger partial charge in [-0.25, -0.2) is 4.68 Å². The summed E-state index contributed by atoms with van der Waals surface area (Å²) in [6.07, 6.45) is 7.71. The van der Waals surface area contributed by atoms with E-state index in [1.807, 2.05) is 37.3 Å². The highest BCUT2D eigenvalue weighted by molar-refractivity contribution is 6.35. The number of carbonyl (C=O) groups is 1. The molecule has 3 aromatic rings. The first-order valence-electron chi connectivity index (χ1n) is 10.7. The van der Waals surface area contributed by atoms with Gasteiger partial charge in [-0.2, -0.15) is 5.10 Å². The Balaban J connectivity index is 1.92. The zero-order valence-corrected chi connectivity index (χ0v) is 20.4. The summed E-state index contributed by atoms with van der Waals surface area (Å²) in [6, 6.07) is 12.8. The zero-order valence-electron chi connectivity index (χ0n) is 18.2. The third-order valence-electron chi connectivity index (χ3n) is 5.14. The summed E-state index contributed by atoms with van der Waals surface area (Å²) in [7, 11) is 0. The molecular formula is C25H26Cl3N3O. The van der Waals surface area contributed by atoms with Crippen molar-refractivity contribution in [1.82, 2.24) is 15.1 Å². The minimum Gasteiger partial charge on any atom is -0.353 e. The van der Waals surface area contributed by atoms with E-state index in [-0.39, 0.29) is 5.91 Å². The standard InChI is InChI=1S/C25H26Cl3N3O/c1-3-4-5-6-15-29-24(32)14-12-22-17(2)25(18-7-9-19(26)10-8-18)31(30-22)23-13-11-20(27)16-21(23)28/h7-14,16H,3-6,15H2,1-2H3,(H,29,32)/b14-12+. The zero-order chi connectivity index (χ0) is 23.1. The maximum Gasteiger partial charge on any atom is 0.244 e. The first-order valence-corrected chi connectivity index (χ1v) is 11.8. The molecule has 168 valence electrons. The summed E-state index contributed by atoms with van der Waals surface area (Å²) >= 11 is 18.7. The van der Waals surface area contributed by atoms with Gasteiger partial charge < -0.3 is 5.32 Å². The van der Waals surface area contributed by atoms with Crippen molar-refractivity contribution in [2.75, 3.05) is 6.54 Å². The van der Waals surface area contributed by atoms with Crippen LogP contribution in [0, 0.1) is 6.92 Å². The number of hydrogen-bond donors (Lipinski definition) is 1. The minimum atomic E-state index is -0.131. The summed E-state index contributed by atoms with van der Waals surface area (Å²) < 4.78 is 1.78. The molecule has 0 radical (unpaired) electrons. The molecule has 0 aliphatic carbocycles. The summed E-state index contributed by atoms with van der Waals surface area (Å²) in [5, 5.41) is 9.36. The molecule has 1 N–H and O–H groups in total. The Bertz CT molecular complexity index is 1100. The fourth-order valence-corrected chi connectivity index (χ4v) is 4.04. The van der Waals surface area contributed by atoms with Crippen LogP contribution in [-0.4, -0.2) is 22.2 Å². The van der Waals surface area contributed by atoms with Crippen LogP contribution in [-0.2, 0) is 4.79 Å². The molecule has 32 heavy (non-hydrogen) atoms. The predicted molar refractivity (Wildman–Crippen MR) is 135 cm³/mol. The Morgan fingerprint density at radius 2 is 1.75 bits per heavy atom. The topological polar surface area (TPSA) is 46.9 Å². The summed E-state index contributed by atoms with van der Waals surface area (Å²) in [4.78, 5) is 12.2. The van der Waals surface area contributed by atoms with Crippen LogP contribution in [0.4, 0.5) is 0 Å². The van der Waals surface area contributed by atoms with Gasteiger partial charge in [0.15, 0.2) is 0 Å². The quantitative estimate of drug-likeness (QED) is 0.249. The van der Waals surface area contributed by atoms with Crippen LogP contribution in [0.1, 0.15) is 43.9 Å². The average molecular weight is 491 g/mol. The minimum absolute atomic E-state index is 0.131. The molecule has 4 nitrogen and oxygen atoms in total. The number of benzene rings is 2. The van der Waals surface area contributed by atoms with Crippen LogP contribution >= 0.6 is 34.8 Å². The molecule has 7 heteroatoms. The molecule has 1 amide bonds. The second-order valence-corrected chi connectivity index (χ2v) is 8.84. The van der Waals surface area contributed by atoms with Gasteiger partial charge >= 0.3 is 0 Å². The maximum atomic E-state index is 12.2. The Morgan fingerprint density at radius 1 is 1.03 bits per heavy atom. The monoisotopic (exact) mass is 489 g/mol. The lowest BCUT2D eigenvalue weighted by atomic mass is 10.1. The number of nitrogens with one attached hydrogen (secondary N) is 1. The summed E-state index contributed by atoms with van der Waals surface area (Å²) in [5.74, 6) is -0.131. The molecule has 0 fully saturated rings. The Hall–Kier alpha value is -2.27. The highest BCUT2D eigenvalue weighted by Crippen LogP contribution is 2.33. The van der Waals surface area contributed by atoms with Gasteiger partial charge in [0.05, 0.1) is 22.1 Å². The van der Waals surface area contributed by atoms with E-state index in [9.17, 15) is 4.79 Å². The molecule has 0 spiro atoms.